The first-order valence-electron chi connectivity index (χ1n) is 8.93. The zero-order valence-corrected chi connectivity index (χ0v) is 17.5. The number of nitrogens with one attached hydrogen (secondary N) is 1. The first kappa shape index (κ1) is 22.6. The SMILES string of the molecule is Cc1cccc(OCCNC(=O)[C@H](C)N(c2ccc(F)c(F)c2)S(C)(=O)=O)c1C. The fourth-order valence-corrected chi connectivity index (χ4v) is 3.96. The van der Waals surface area contributed by atoms with Crippen molar-refractivity contribution in [1.82, 2.24) is 5.32 Å². The Bertz CT molecular complexity index is 996. The van der Waals surface area contributed by atoms with Crippen LogP contribution >= 0.6 is 0 Å². The molecule has 0 saturated heterocycles. The lowest BCUT2D eigenvalue weighted by Gasteiger charge is -2.28. The number of ether oxygens (including phenoxy) is 1. The molecule has 0 aromatic heterocycles. The second-order valence-corrected chi connectivity index (χ2v) is 8.53. The molecule has 0 bridgehead atoms. The molecule has 1 atom stereocenters. The molecule has 0 heterocycles. The molecule has 0 unspecified atom stereocenters. The first-order valence-corrected chi connectivity index (χ1v) is 10.8. The van der Waals surface area contributed by atoms with Crippen LogP contribution in [0, 0.1) is 25.5 Å². The molecular weight excluding hydrogens is 402 g/mol. The molecular formula is C20H24F2N2O4S. The number of hydrogen-bond donors (Lipinski definition) is 1. The fourth-order valence-electron chi connectivity index (χ4n) is 2.79. The van der Waals surface area contributed by atoms with E-state index in [9.17, 15) is 22.0 Å². The van der Waals surface area contributed by atoms with Gasteiger partial charge in [0.1, 0.15) is 18.4 Å². The van der Waals surface area contributed by atoms with Crippen LogP contribution in [-0.4, -0.2) is 39.8 Å². The van der Waals surface area contributed by atoms with Crippen LogP contribution in [0.2, 0.25) is 0 Å². The summed E-state index contributed by atoms with van der Waals surface area (Å²) in [5, 5.41) is 2.60. The average molecular weight is 426 g/mol. The number of aryl methyl sites for hydroxylation is 1. The molecule has 1 N–H and O–H groups in total. The Balaban J connectivity index is 2.03. The highest BCUT2D eigenvalue weighted by atomic mass is 32.2. The van der Waals surface area contributed by atoms with Gasteiger partial charge in [0, 0.05) is 6.07 Å². The van der Waals surface area contributed by atoms with Crippen molar-refractivity contribution in [3.8, 4) is 5.75 Å². The Morgan fingerprint density at radius 2 is 1.86 bits per heavy atom. The molecule has 0 aliphatic rings. The molecule has 2 rings (SSSR count). The van der Waals surface area contributed by atoms with E-state index in [1.807, 2.05) is 32.0 Å². The maximum Gasteiger partial charge on any atom is 0.243 e. The number of benzene rings is 2. The van der Waals surface area contributed by atoms with E-state index in [2.05, 4.69) is 5.32 Å². The third-order valence-corrected chi connectivity index (χ3v) is 5.70. The minimum absolute atomic E-state index is 0.138. The van der Waals surface area contributed by atoms with E-state index in [0.717, 1.165) is 39.9 Å². The number of hydrogen-bond acceptors (Lipinski definition) is 4. The highest BCUT2D eigenvalue weighted by Crippen LogP contribution is 2.23. The number of nitrogens with zero attached hydrogens (tertiary/aromatic N) is 1. The van der Waals surface area contributed by atoms with E-state index in [1.165, 1.54) is 6.92 Å². The number of rotatable bonds is 8. The Morgan fingerprint density at radius 1 is 1.17 bits per heavy atom. The number of anilines is 1. The molecule has 1 amide bonds. The molecule has 0 spiro atoms. The van der Waals surface area contributed by atoms with Gasteiger partial charge < -0.3 is 10.1 Å². The van der Waals surface area contributed by atoms with Gasteiger partial charge in [0.15, 0.2) is 11.6 Å². The number of carbonyl (C=O) groups is 1. The second-order valence-electron chi connectivity index (χ2n) is 6.67. The Hall–Kier alpha value is -2.68. The van der Waals surface area contributed by atoms with Crippen LogP contribution in [-0.2, 0) is 14.8 Å². The van der Waals surface area contributed by atoms with Crippen LogP contribution in [0.3, 0.4) is 0 Å². The van der Waals surface area contributed by atoms with Crippen molar-refractivity contribution < 1.29 is 26.7 Å². The van der Waals surface area contributed by atoms with E-state index in [4.69, 9.17) is 4.74 Å². The standard InChI is InChI=1S/C20H24F2N2O4S/c1-13-6-5-7-19(14(13)2)28-11-10-23-20(25)15(3)24(29(4,26)27)16-8-9-17(21)18(22)12-16/h5-9,12,15H,10-11H2,1-4H3,(H,23,25)/t15-/m0/s1. The Labute approximate surface area is 169 Å². The van der Waals surface area contributed by atoms with Crippen molar-refractivity contribution in [2.24, 2.45) is 0 Å². The van der Waals surface area contributed by atoms with Gasteiger partial charge >= 0.3 is 0 Å². The molecule has 0 aliphatic carbocycles. The highest BCUT2D eigenvalue weighted by Gasteiger charge is 2.29. The van der Waals surface area contributed by atoms with Crippen LogP contribution in [0.15, 0.2) is 36.4 Å². The van der Waals surface area contributed by atoms with Crippen LogP contribution in [0.4, 0.5) is 14.5 Å². The smallest absolute Gasteiger partial charge is 0.243 e. The summed E-state index contributed by atoms with van der Waals surface area (Å²) in [6.45, 7) is 5.59. The van der Waals surface area contributed by atoms with Crippen molar-refractivity contribution in [2.75, 3.05) is 23.7 Å². The Morgan fingerprint density at radius 3 is 2.48 bits per heavy atom. The van der Waals surface area contributed by atoms with Gasteiger partial charge in [-0.3, -0.25) is 9.10 Å². The summed E-state index contributed by atoms with van der Waals surface area (Å²) in [5.74, 6) is -2.20. The average Bonchev–Trinajstić information content (AvgIpc) is 2.63. The molecule has 29 heavy (non-hydrogen) atoms. The van der Waals surface area contributed by atoms with Gasteiger partial charge in [-0.2, -0.15) is 0 Å². The highest BCUT2D eigenvalue weighted by molar-refractivity contribution is 7.92. The van der Waals surface area contributed by atoms with Crippen LogP contribution in [0.1, 0.15) is 18.1 Å². The van der Waals surface area contributed by atoms with Gasteiger partial charge in [0.25, 0.3) is 0 Å². The zero-order valence-electron chi connectivity index (χ0n) is 16.7. The van der Waals surface area contributed by atoms with Crippen molar-refractivity contribution in [3.63, 3.8) is 0 Å². The minimum Gasteiger partial charge on any atom is -0.491 e. The van der Waals surface area contributed by atoms with Crippen LogP contribution < -0.4 is 14.4 Å². The summed E-state index contributed by atoms with van der Waals surface area (Å²) in [6, 6.07) is 7.13. The first-order chi connectivity index (χ1) is 13.5. The molecule has 0 saturated carbocycles. The predicted molar refractivity (Wildman–Crippen MR) is 108 cm³/mol. The van der Waals surface area contributed by atoms with Crippen molar-refractivity contribution >= 4 is 21.6 Å². The predicted octanol–water partition coefficient (Wildman–Crippen LogP) is 2.93. The summed E-state index contributed by atoms with van der Waals surface area (Å²) in [6.07, 6.45) is 0.891. The Kier molecular flexibility index (Phi) is 7.18. The molecule has 158 valence electrons. The van der Waals surface area contributed by atoms with Gasteiger partial charge in [0.05, 0.1) is 18.5 Å². The van der Waals surface area contributed by atoms with E-state index >= 15 is 0 Å². The number of sulfonamides is 1. The molecule has 0 radical (unpaired) electrons. The molecule has 9 heteroatoms. The fraction of sp³-hybridized carbons (Fsp3) is 0.350. The number of carbonyl (C=O) groups excluding carboxylic acids is 1. The monoisotopic (exact) mass is 426 g/mol. The maximum absolute atomic E-state index is 13.5. The second kappa shape index (κ2) is 9.21. The lowest BCUT2D eigenvalue weighted by molar-refractivity contribution is -0.121. The molecule has 2 aromatic carbocycles. The van der Waals surface area contributed by atoms with Gasteiger partial charge in [0.2, 0.25) is 15.9 Å². The largest absolute Gasteiger partial charge is 0.491 e. The van der Waals surface area contributed by atoms with Gasteiger partial charge in [-0.1, -0.05) is 12.1 Å². The zero-order chi connectivity index (χ0) is 21.8. The number of amides is 1. The van der Waals surface area contributed by atoms with E-state index in [1.54, 1.807) is 0 Å². The quantitative estimate of drug-likeness (QED) is 0.659. The summed E-state index contributed by atoms with van der Waals surface area (Å²) < 4.78 is 57.5. The van der Waals surface area contributed by atoms with Crippen LogP contribution in [0.5, 0.6) is 5.75 Å². The van der Waals surface area contributed by atoms with E-state index in [0.29, 0.717) is 5.75 Å². The summed E-state index contributed by atoms with van der Waals surface area (Å²) in [5.41, 5.74) is 1.94. The lowest BCUT2D eigenvalue weighted by atomic mass is 10.1. The van der Waals surface area contributed by atoms with Crippen molar-refractivity contribution in [2.45, 2.75) is 26.8 Å². The minimum atomic E-state index is -3.92. The molecule has 0 fully saturated rings. The topological polar surface area (TPSA) is 75.7 Å². The van der Waals surface area contributed by atoms with Gasteiger partial charge in [-0.25, -0.2) is 17.2 Å². The molecule has 6 nitrogen and oxygen atoms in total. The third kappa shape index (κ3) is 5.66. The summed E-state index contributed by atoms with van der Waals surface area (Å²) in [7, 11) is -3.92. The molecule has 0 aliphatic heterocycles. The van der Waals surface area contributed by atoms with Gasteiger partial charge in [-0.05, 0) is 50.1 Å². The van der Waals surface area contributed by atoms with E-state index < -0.39 is 33.6 Å². The summed E-state index contributed by atoms with van der Waals surface area (Å²) >= 11 is 0. The van der Waals surface area contributed by atoms with Crippen molar-refractivity contribution in [1.29, 1.82) is 0 Å². The van der Waals surface area contributed by atoms with E-state index in [-0.39, 0.29) is 18.8 Å². The van der Waals surface area contributed by atoms with Crippen molar-refractivity contribution in [3.05, 3.63) is 59.2 Å². The van der Waals surface area contributed by atoms with Gasteiger partial charge in [-0.15, -0.1) is 0 Å². The maximum atomic E-state index is 13.5. The lowest BCUT2D eigenvalue weighted by Crippen LogP contribution is -2.48. The summed E-state index contributed by atoms with van der Waals surface area (Å²) in [4.78, 5) is 12.4. The number of halogens is 2. The normalized spacial score (nSPS) is 12.3. The molecule has 2 aromatic rings. The third-order valence-electron chi connectivity index (χ3n) is 4.46. The van der Waals surface area contributed by atoms with Crippen LogP contribution in [0.25, 0.3) is 0 Å².